The highest BCUT2D eigenvalue weighted by Crippen LogP contribution is 2.13. The van der Waals surface area contributed by atoms with E-state index in [0.29, 0.717) is 5.69 Å². The van der Waals surface area contributed by atoms with E-state index >= 15 is 0 Å². The molecule has 0 spiro atoms. The molecule has 0 aliphatic heterocycles. The minimum atomic E-state index is -0.493. The second-order valence-electron chi connectivity index (χ2n) is 6.32. The standard InChI is InChI=1S/C18H17N7O3/c1-22-16-15(17(27)23(2)18(22)28)25(11-20-16)9-14(26)21-12-3-5-13(6-4-12)24-8-7-19-10-24/h3-8,10-11H,9H2,1-2H3,(H,21,26). The Bertz CT molecular complexity index is 1280. The average molecular weight is 379 g/mol. The van der Waals surface area contributed by atoms with Gasteiger partial charge in [0.25, 0.3) is 5.56 Å². The van der Waals surface area contributed by atoms with Gasteiger partial charge in [0.1, 0.15) is 6.54 Å². The van der Waals surface area contributed by atoms with Gasteiger partial charge in [-0.25, -0.2) is 14.8 Å². The summed E-state index contributed by atoms with van der Waals surface area (Å²) in [5.41, 5.74) is 1.03. The summed E-state index contributed by atoms with van der Waals surface area (Å²) in [5.74, 6) is -0.314. The summed E-state index contributed by atoms with van der Waals surface area (Å²) in [7, 11) is 2.92. The molecule has 1 aromatic carbocycles. The fourth-order valence-corrected chi connectivity index (χ4v) is 3.00. The van der Waals surface area contributed by atoms with Crippen LogP contribution in [0.3, 0.4) is 0 Å². The molecule has 28 heavy (non-hydrogen) atoms. The van der Waals surface area contributed by atoms with E-state index in [2.05, 4.69) is 15.3 Å². The van der Waals surface area contributed by atoms with Gasteiger partial charge in [0, 0.05) is 37.9 Å². The molecule has 0 saturated carbocycles. The number of aromatic nitrogens is 6. The number of benzene rings is 1. The lowest BCUT2D eigenvalue weighted by Crippen LogP contribution is -2.37. The van der Waals surface area contributed by atoms with Crippen LogP contribution in [0.25, 0.3) is 16.9 Å². The third-order valence-corrected chi connectivity index (χ3v) is 4.48. The molecular weight excluding hydrogens is 362 g/mol. The Morgan fingerprint density at radius 3 is 2.50 bits per heavy atom. The molecule has 0 fully saturated rings. The van der Waals surface area contributed by atoms with Crippen LogP contribution in [0.5, 0.6) is 0 Å². The van der Waals surface area contributed by atoms with Crippen molar-refractivity contribution in [2.75, 3.05) is 5.32 Å². The van der Waals surface area contributed by atoms with E-state index in [4.69, 9.17) is 0 Å². The maximum absolute atomic E-state index is 12.4. The van der Waals surface area contributed by atoms with Crippen molar-refractivity contribution >= 4 is 22.8 Å². The van der Waals surface area contributed by atoms with Crippen molar-refractivity contribution in [2.24, 2.45) is 14.1 Å². The number of imidazole rings is 2. The third-order valence-electron chi connectivity index (χ3n) is 4.48. The minimum absolute atomic E-state index is 0.104. The summed E-state index contributed by atoms with van der Waals surface area (Å²) < 4.78 is 5.56. The smallest absolute Gasteiger partial charge is 0.325 e. The molecule has 1 amide bonds. The topological polar surface area (TPSA) is 109 Å². The molecule has 0 unspecified atom stereocenters. The van der Waals surface area contributed by atoms with E-state index in [9.17, 15) is 14.4 Å². The molecule has 10 nitrogen and oxygen atoms in total. The van der Waals surface area contributed by atoms with E-state index in [0.717, 1.165) is 10.3 Å². The lowest BCUT2D eigenvalue weighted by atomic mass is 10.2. The van der Waals surface area contributed by atoms with Gasteiger partial charge in [-0.2, -0.15) is 0 Å². The van der Waals surface area contributed by atoms with Crippen molar-refractivity contribution in [3.8, 4) is 5.69 Å². The van der Waals surface area contributed by atoms with Gasteiger partial charge >= 0.3 is 5.69 Å². The largest absolute Gasteiger partial charge is 0.332 e. The van der Waals surface area contributed by atoms with Crippen LogP contribution in [0.1, 0.15) is 0 Å². The summed E-state index contributed by atoms with van der Waals surface area (Å²) >= 11 is 0. The lowest BCUT2D eigenvalue weighted by Gasteiger charge is -2.09. The Balaban J connectivity index is 1.56. The minimum Gasteiger partial charge on any atom is -0.325 e. The van der Waals surface area contributed by atoms with E-state index in [1.165, 1.54) is 29.6 Å². The molecule has 142 valence electrons. The summed E-state index contributed by atoms with van der Waals surface area (Å²) in [6.07, 6.45) is 6.58. The van der Waals surface area contributed by atoms with Gasteiger partial charge < -0.3 is 14.5 Å². The molecule has 4 rings (SSSR count). The maximum atomic E-state index is 12.4. The Labute approximate surface area is 158 Å². The molecular formula is C18H17N7O3. The van der Waals surface area contributed by atoms with Gasteiger partial charge in [-0.15, -0.1) is 0 Å². The van der Waals surface area contributed by atoms with E-state index in [1.807, 2.05) is 22.9 Å². The average Bonchev–Trinajstić information content (AvgIpc) is 3.35. The van der Waals surface area contributed by atoms with E-state index in [1.54, 1.807) is 24.7 Å². The van der Waals surface area contributed by atoms with Crippen LogP contribution in [0.2, 0.25) is 0 Å². The zero-order valence-electron chi connectivity index (χ0n) is 15.2. The quantitative estimate of drug-likeness (QED) is 0.547. The second kappa shape index (κ2) is 6.65. The molecule has 0 radical (unpaired) electrons. The van der Waals surface area contributed by atoms with Gasteiger partial charge in [-0.1, -0.05) is 0 Å². The molecule has 0 aliphatic rings. The zero-order valence-corrected chi connectivity index (χ0v) is 15.2. The van der Waals surface area contributed by atoms with E-state index < -0.39 is 11.2 Å². The number of hydrogen-bond acceptors (Lipinski definition) is 5. The monoisotopic (exact) mass is 379 g/mol. The molecule has 1 N–H and O–H groups in total. The number of nitrogens with one attached hydrogen (secondary N) is 1. The highest BCUT2D eigenvalue weighted by Gasteiger charge is 2.16. The van der Waals surface area contributed by atoms with Crippen LogP contribution >= 0.6 is 0 Å². The van der Waals surface area contributed by atoms with Gasteiger partial charge in [0.15, 0.2) is 11.2 Å². The Hall–Kier alpha value is -3.95. The number of hydrogen-bond donors (Lipinski definition) is 1. The van der Waals surface area contributed by atoms with Crippen molar-refractivity contribution in [3.05, 3.63) is 70.2 Å². The number of amides is 1. The Morgan fingerprint density at radius 2 is 1.82 bits per heavy atom. The number of carbonyl (C=O) groups is 1. The maximum Gasteiger partial charge on any atom is 0.332 e. The molecule has 0 bridgehead atoms. The van der Waals surface area contributed by atoms with Gasteiger partial charge in [0.2, 0.25) is 5.91 Å². The first-order chi connectivity index (χ1) is 13.5. The van der Waals surface area contributed by atoms with Crippen LogP contribution in [-0.4, -0.2) is 34.1 Å². The summed E-state index contributed by atoms with van der Waals surface area (Å²) in [6.45, 7) is -0.104. The van der Waals surface area contributed by atoms with Gasteiger partial charge in [0.05, 0.1) is 12.7 Å². The van der Waals surface area contributed by atoms with Crippen molar-refractivity contribution in [1.82, 2.24) is 28.2 Å². The SMILES string of the molecule is Cn1c(=O)c2c(ncn2CC(=O)Nc2ccc(-n3ccnc3)cc2)n(C)c1=O. The molecule has 0 saturated heterocycles. The van der Waals surface area contributed by atoms with Crippen molar-refractivity contribution in [2.45, 2.75) is 6.54 Å². The zero-order chi connectivity index (χ0) is 19.8. The molecule has 3 aromatic heterocycles. The number of carbonyl (C=O) groups excluding carboxylic acids is 1. The third kappa shape index (κ3) is 2.90. The number of rotatable bonds is 4. The Morgan fingerprint density at radius 1 is 1.07 bits per heavy atom. The molecule has 0 aliphatic carbocycles. The normalized spacial score (nSPS) is 11.1. The summed E-state index contributed by atoms with van der Waals surface area (Å²) in [5, 5.41) is 2.79. The first kappa shape index (κ1) is 17.5. The predicted molar refractivity (Wildman–Crippen MR) is 102 cm³/mol. The van der Waals surface area contributed by atoms with Crippen molar-refractivity contribution < 1.29 is 4.79 Å². The summed E-state index contributed by atoms with van der Waals surface area (Å²) in [6, 6.07) is 7.27. The number of anilines is 1. The number of nitrogens with zero attached hydrogens (tertiary/aromatic N) is 6. The predicted octanol–water partition coefficient (Wildman–Crippen LogP) is 0.258. The molecule has 10 heteroatoms. The molecule has 4 aromatic rings. The summed E-state index contributed by atoms with van der Waals surface area (Å²) in [4.78, 5) is 44.9. The highest BCUT2D eigenvalue weighted by molar-refractivity contribution is 5.91. The lowest BCUT2D eigenvalue weighted by molar-refractivity contribution is -0.116. The highest BCUT2D eigenvalue weighted by atomic mass is 16.2. The fraction of sp³-hybridized carbons (Fsp3) is 0.167. The van der Waals surface area contributed by atoms with Crippen LogP contribution in [0, 0.1) is 0 Å². The number of fused-ring (bicyclic) bond motifs is 1. The van der Waals surface area contributed by atoms with Crippen molar-refractivity contribution in [1.29, 1.82) is 0 Å². The number of aryl methyl sites for hydroxylation is 1. The van der Waals surface area contributed by atoms with Gasteiger partial charge in [-0.05, 0) is 24.3 Å². The molecule has 3 heterocycles. The van der Waals surface area contributed by atoms with Crippen LogP contribution < -0.4 is 16.6 Å². The van der Waals surface area contributed by atoms with Crippen LogP contribution in [0.15, 0.2) is 58.9 Å². The first-order valence-corrected chi connectivity index (χ1v) is 8.45. The van der Waals surface area contributed by atoms with Crippen LogP contribution in [0.4, 0.5) is 5.69 Å². The fourth-order valence-electron chi connectivity index (χ4n) is 3.00. The molecule has 0 atom stereocenters. The van der Waals surface area contributed by atoms with Crippen molar-refractivity contribution in [3.63, 3.8) is 0 Å². The van der Waals surface area contributed by atoms with Gasteiger partial charge in [-0.3, -0.25) is 18.7 Å². The Kier molecular flexibility index (Phi) is 4.15. The second-order valence-corrected chi connectivity index (χ2v) is 6.32. The van der Waals surface area contributed by atoms with Crippen LogP contribution in [-0.2, 0) is 25.4 Å². The first-order valence-electron chi connectivity index (χ1n) is 8.45. The van der Waals surface area contributed by atoms with E-state index in [-0.39, 0.29) is 23.6 Å².